The summed E-state index contributed by atoms with van der Waals surface area (Å²) in [5.41, 5.74) is 1.65. The van der Waals surface area contributed by atoms with E-state index < -0.39 is 0 Å². The van der Waals surface area contributed by atoms with Crippen molar-refractivity contribution in [3.8, 4) is 0 Å². The molecule has 1 aliphatic rings. The second kappa shape index (κ2) is 7.42. The first-order valence-corrected chi connectivity index (χ1v) is 9.99. The predicted molar refractivity (Wildman–Crippen MR) is 105 cm³/mol. The minimum Gasteiger partial charge on any atom is -0.349 e. The zero-order valence-corrected chi connectivity index (χ0v) is 16.2. The maximum absolute atomic E-state index is 12.3. The van der Waals surface area contributed by atoms with E-state index in [-0.39, 0.29) is 11.8 Å². The minimum atomic E-state index is 0.0273. The molecule has 26 heavy (non-hydrogen) atoms. The number of halogens is 2. The summed E-state index contributed by atoms with van der Waals surface area (Å²) in [4.78, 5) is 26.6. The molecule has 0 aliphatic carbocycles. The molecule has 6 nitrogen and oxygen atoms in total. The van der Waals surface area contributed by atoms with E-state index in [2.05, 4.69) is 25.2 Å². The lowest BCUT2D eigenvalue weighted by molar-refractivity contribution is -0.125. The molecule has 3 heterocycles. The van der Waals surface area contributed by atoms with E-state index in [1.165, 1.54) is 0 Å². The number of carbonyl (C=O) groups excluding carboxylic acids is 1. The van der Waals surface area contributed by atoms with Gasteiger partial charge >= 0.3 is 0 Å². The fourth-order valence-corrected chi connectivity index (χ4v) is 4.02. The first-order chi connectivity index (χ1) is 12.6. The molecule has 136 valence electrons. The molecule has 0 atom stereocenters. The summed E-state index contributed by atoms with van der Waals surface area (Å²) in [6.07, 6.45) is 3.34. The van der Waals surface area contributed by atoms with Gasteiger partial charge in [-0.1, -0.05) is 23.2 Å². The van der Waals surface area contributed by atoms with Crippen LogP contribution in [0.4, 0.5) is 5.95 Å². The van der Waals surface area contributed by atoms with E-state index in [4.69, 9.17) is 23.2 Å². The first kappa shape index (κ1) is 17.6. The summed E-state index contributed by atoms with van der Waals surface area (Å²) in [6.45, 7) is 2.05. The van der Waals surface area contributed by atoms with Crippen molar-refractivity contribution in [3.63, 3.8) is 0 Å². The van der Waals surface area contributed by atoms with E-state index in [1.54, 1.807) is 29.7 Å². The Kier molecular flexibility index (Phi) is 5.02. The Morgan fingerprint density at radius 2 is 2.08 bits per heavy atom. The highest BCUT2D eigenvalue weighted by molar-refractivity contribution is 7.09. The van der Waals surface area contributed by atoms with Gasteiger partial charge in [-0.2, -0.15) is 0 Å². The number of aromatic nitrogens is 3. The molecule has 1 aliphatic heterocycles. The summed E-state index contributed by atoms with van der Waals surface area (Å²) in [5.74, 6) is 0.919. The van der Waals surface area contributed by atoms with Crippen molar-refractivity contribution < 1.29 is 4.79 Å². The molecule has 1 aromatic carbocycles. The van der Waals surface area contributed by atoms with Crippen molar-refractivity contribution in [2.75, 3.05) is 18.0 Å². The van der Waals surface area contributed by atoms with E-state index in [9.17, 15) is 4.79 Å². The van der Waals surface area contributed by atoms with Crippen LogP contribution in [0.5, 0.6) is 0 Å². The maximum Gasteiger partial charge on any atom is 0.223 e. The normalized spacial score (nSPS) is 15.5. The van der Waals surface area contributed by atoms with Crippen LogP contribution in [-0.2, 0) is 11.3 Å². The van der Waals surface area contributed by atoms with Gasteiger partial charge in [0.1, 0.15) is 5.01 Å². The van der Waals surface area contributed by atoms with E-state index >= 15 is 0 Å². The molecule has 0 spiro atoms. The van der Waals surface area contributed by atoms with Crippen LogP contribution in [0.2, 0.25) is 10.0 Å². The number of imidazole rings is 1. The molecule has 2 N–H and O–H groups in total. The van der Waals surface area contributed by atoms with Crippen LogP contribution in [0.3, 0.4) is 0 Å². The topological polar surface area (TPSA) is 73.9 Å². The molecule has 0 unspecified atom stereocenters. The van der Waals surface area contributed by atoms with Gasteiger partial charge in [-0.15, -0.1) is 11.3 Å². The highest BCUT2D eigenvalue weighted by atomic mass is 35.5. The Labute approximate surface area is 164 Å². The van der Waals surface area contributed by atoms with Crippen molar-refractivity contribution >= 4 is 57.4 Å². The van der Waals surface area contributed by atoms with Crippen molar-refractivity contribution in [2.24, 2.45) is 5.92 Å². The third-order valence-electron chi connectivity index (χ3n) is 4.57. The predicted octanol–water partition coefficient (Wildman–Crippen LogP) is 3.86. The quantitative estimate of drug-likeness (QED) is 0.685. The number of H-pyrrole nitrogens is 1. The summed E-state index contributed by atoms with van der Waals surface area (Å²) in [7, 11) is 0. The standard InChI is InChI=1S/C17H17Cl2N5OS/c18-11-7-13-14(8-12(11)19)23-17(22-13)24-4-1-10(2-5-24)16(25)21-9-15-20-3-6-26-15/h3,6-8,10H,1-2,4-5,9H2,(H,21,25)(H,22,23). The lowest BCUT2D eigenvalue weighted by Gasteiger charge is -2.31. The monoisotopic (exact) mass is 409 g/mol. The third-order valence-corrected chi connectivity index (χ3v) is 6.08. The molecule has 1 fully saturated rings. The summed E-state index contributed by atoms with van der Waals surface area (Å²) >= 11 is 13.7. The Morgan fingerprint density at radius 3 is 2.81 bits per heavy atom. The molecule has 0 bridgehead atoms. The minimum absolute atomic E-state index is 0.0273. The number of hydrogen-bond donors (Lipinski definition) is 2. The lowest BCUT2D eigenvalue weighted by Crippen LogP contribution is -2.40. The molecular formula is C17H17Cl2N5OS. The molecule has 1 amide bonds. The van der Waals surface area contributed by atoms with Crippen molar-refractivity contribution in [1.82, 2.24) is 20.3 Å². The van der Waals surface area contributed by atoms with Crippen molar-refractivity contribution in [2.45, 2.75) is 19.4 Å². The summed E-state index contributed by atoms with van der Waals surface area (Å²) in [6, 6.07) is 3.55. The second-order valence-corrected chi connectivity index (χ2v) is 8.04. The van der Waals surface area contributed by atoms with E-state index in [0.717, 1.165) is 47.9 Å². The fourth-order valence-electron chi connectivity index (χ4n) is 3.14. The van der Waals surface area contributed by atoms with Gasteiger partial charge in [-0.3, -0.25) is 4.79 Å². The van der Waals surface area contributed by atoms with Crippen LogP contribution in [0.25, 0.3) is 11.0 Å². The molecule has 3 aromatic rings. The van der Waals surface area contributed by atoms with Gasteiger partial charge in [-0.05, 0) is 25.0 Å². The molecule has 2 aromatic heterocycles. The second-order valence-electron chi connectivity index (χ2n) is 6.25. The number of hydrogen-bond acceptors (Lipinski definition) is 5. The number of rotatable bonds is 4. The average molecular weight is 410 g/mol. The van der Waals surface area contributed by atoms with Gasteiger partial charge in [0.15, 0.2) is 0 Å². The first-order valence-electron chi connectivity index (χ1n) is 8.36. The molecule has 4 rings (SSSR count). The highest BCUT2D eigenvalue weighted by Gasteiger charge is 2.26. The van der Waals surface area contributed by atoms with Crippen molar-refractivity contribution in [3.05, 3.63) is 38.8 Å². The van der Waals surface area contributed by atoms with E-state index in [1.807, 2.05) is 5.38 Å². The zero-order chi connectivity index (χ0) is 18.1. The Hall–Kier alpha value is -1.83. The number of nitrogens with zero attached hydrogens (tertiary/aromatic N) is 3. The van der Waals surface area contributed by atoms with Gasteiger partial charge in [0, 0.05) is 30.6 Å². The molecule has 0 radical (unpaired) electrons. The zero-order valence-electron chi connectivity index (χ0n) is 13.8. The number of amides is 1. The number of thiazole rings is 1. The SMILES string of the molecule is O=C(NCc1nccs1)C1CCN(c2nc3cc(Cl)c(Cl)cc3[nH]2)CC1. The number of anilines is 1. The van der Waals surface area contributed by atoms with Gasteiger partial charge in [0.25, 0.3) is 0 Å². The largest absolute Gasteiger partial charge is 0.349 e. The number of benzene rings is 1. The van der Waals surface area contributed by atoms with Gasteiger partial charge in [0.2, 0.25) is 11.9 Å². The van der Waals surface area contributed by atoms with Crippen LogP contribution in [0.1, 0.15) is 17.8 Å². The van der Waals surface area contributed by atoms with Crippen LogP contribution in [-0.4, -0.2) is 33.9 Å². The van der Waals surface area contributed by atoms with Crippen LogP contribution in [0, 0.1) is 5.92 Å². The molecule has 9 heteroatoms. The number of aromatic amines is 1. The Morgan fingerprint density at radius 1 is 1.31 bits per heavy atom. The fraction of sp³-hybridized carbons (Fsp3) is 0.353. The summed E-state index contributed by atoms with van der Waals surface area (Å²) in [5, 5.41) is 6.82. The lowest BCUT2D eigenvalue weighted by atomic mass is 9.96. The van der Waals surface area contributed by atoms with Crippen LogP contribution < -0.4 is 10.2 Å². The van der Waals surface area contributed by atoms with Gasteiger partial charge in [0.05, 0.1) is 27.6 Å². The average Bonchev–Trinajstić information content (AvgIpc) is 3.30. The Bertz CT molecular complexity index is 880. The third kappa shape index (κ3) is 3.65. The molecule has 1 saturated heterocycles. The molecular weight excluding hydrogens is 393 g/mol. The van der Waals surface area contributed by atoms with Gasteiger partial charge in [-0.25, -0.2) is 9.97 Å². The smallest absolute Gasteiger partial charge is 0.223 e. The van der Waals surface area contributed by atoms with Crippen LogP contribution >= 0.6 is 34.5 Å². The van der Waals surface area contributed by atoms with Crippen molar-refractivity contribution in [1.29, 1.82) is 0 Å². The van der Waals surface area contributed by atoms with Gasteiger partial charge < -0.3 is 15.2 Å². The number of piperidine rings is 1. The highest BCUT2D eigenvalue weighted by Crippen LogP contribution is 2.29. The Balaban J connectivity index is 1.36. The van der Waals surface area contributed by atoms with Crippen LogP contribution in [0.15, 0.2) is 23.7 Å². The molecule has 0 saturated carbocycles. The number of carbonyl (C=O) groups is 1. The van der Waals surface area contributed by atoms with E-state index in [0.29, 0.717) is 16.6 Å². The summed E-state index contributed by atoms with van der Waals surface area (Å²) < 4.78 is 0. The maximum atomic E-state index is 12.3. The number of fused-ring (bicyclic) bond motifs is 1. The number of nitrogens with one attached hydrogen (secondary N) is 2.